The molecule has 1 N–H and O–H groups in total. The third-order valence-corrected chi connectivity index (χ3v) is 6.97. The number of guanidine groups is 1. The van der Waals surface area contributed by atoms with Crippen LogP contribution in [0.3, 0.4) is 0 Å². The second-order valence-electron chi connectivity index (χ2n) is 6.83. The molecule has 0 aliphatic carbocycles. The van der Waals surface area contributed by atoms with Crippen LogP contribution in [0.2, 0.25) is 0 Å². The molecule has 3 rings (SSSR count). The molecule has 146 valence electrons. The van der Waals surface area contributed by atoms with E-state index in [-0.39, 0.29) is 29.7 Å². The zero-order valence-electron chi connectivity index (χ0n) is 15.3. The highest BCUT2D eigenvalue weighted by Crippen LogP contribution is 2.21. The summed E-state index contributed by atoms with van der Waals surface area (Å²) < 4.78 is 25.3. The van der Waals surface area contributed by atoms with Gasteiger partial charge >= 0.3 is 0 Å². The van der Waals surface area contributed by atoms with Crippen LogP contribution in [0, 0.1) is 5.92 Å². The maximum atomic E-state index is 11.8. The van der Waals surface area contributed by atoms with E-state index < -0.39 is 10.0 Å². The van der Waals surface area contributed by atoms with Gasteiger partial charge in [0.15, 0.2) is 5.96 Å². The Morgan fingerprint density at radius 1 is 1.27 bits per heavy atom. The second kappa shape index (κ2) is 9.89. The molecule has 0 spiro atoms. The number of rotatable bonds is 5. The van der Waals surface area contributed by atoms with E-state index >= 15 is 0 Å². The van der Waals surface area contributed by atoms with Crippen molar-refractivity contribution < 1.29 is 8.42 Å². The molecule has 2 fully saturated rings. The molecule has 0 radical (unpaired) electrons. The summed E-state index contributed by atoms with van der Waals surface area (Å²) in [6.07, 6.45) is 3.00. The predicted molar refractivity (Wildman–Crippen MR) is 117 cm³/mol. The van der Waals surface area contributed by atoms with E-state index in [2.05, 4.69) is 45.5 Å². The molecule has 1 atom stereocenters. The van der Waals surface area contributed by atoms with Gasteiger partial charge in [-0.3, -0.25) is 4.99 Å². The van der Waals surface area contributed by atoms with Crippen LogP contribution in [0.5, 0.6) is 0 Å². The van der Waals surface area contributed by atoms with Crippen molar-refractivity contribution >= 4 is 40.0 Å². The van der Waals surface area contributed by atoms with E-state index in [0.29, 0.717) is 25.6 Å². The minimum atomic E-state index is -3.01. The number of likely N-dealkylation sites (tertiary alicyclic amines) is 1. The fourth-order valence-corrected chi connectivity index (χ4v) is 5.23. The predicted octanol–water partition coefficient (Wildman–Crippen LogP) is 1.78. The van der Waals surface area contributed by atoms with Crippen LogP contribution in [0.4, 0.5) is 0 Å². The summed E-state index contributed by atoms with van der Waals surface area (Å²) in [5.74, 6) is 1.81. The number of nitrogens with zero attached hydrogens (tertiary/aromatic N) is 3. The Morgan fingerprint density at radius 3 is 2.69 bits per heavy atom. The number of hydrogen-bond acceptors (Lipinski definition) is 3. The van der Waals surface area contributed by atoms with Crippen LogP contribution >= 0.6 is 24.0 Å². The molecule has 6 nitrogen and oxygen atoms in total. The molecule has 2 heterocycles. The van der Waals surface area contributed by atoms with Gasteiger partial charge < -0.3 is 10.2 Å². The molecule has 0 saturated carbocycles. The van der Waals surface area contributed by atoms with E-state index in [1.165, 1.54) is 5.56 Å². The van der Waals surface area contributed by atoms with Gasteiger partial charge in [-0.2, -0.15) is 0 Å². The van der Waals surface area contributed by atoms with Gasteiger partial charge in [0.1, 0.15) is 0 Å². The lowest BCUT2D eigenvalue weighted by Crippen LogP contribution is -2.43. The third-order valence-electron chi connectivity index (χ3n) is 5.01. The highest BCUT2D eigenvalue weighted by molar-refractivity contribution is 14.0. The SMILES string of the molecule is CN=C(NCCN1CCCS1(=O)=O)N1CCC(Cc2ccccc2)C1.I. The first-order chi connectivity index (χ1) is 12.1. The smallest absolute Gasteiger partial charge is 0.214 e. The van der Waals surface area contributed by atoms with Gasteiger partial charge in [0.25, 0.3) is 0 Å². The van der Waals surface area contributed by atoms with Crippen molar-refractivity contribution in [2.75, 3.05) is 45.5 Å². The molecular formula is C18H29IN4O2S. The summed E-state index contributed by atoms with van der Waals surface area (Å²) >= 11 is 0. The summed E-state index contributed by atoms with van der Waals surface area (Å²) in [6.45, 7) is 3.76. The number of nitrogens with one attached hydrogen (secondary N) is 1. The first-order valence-electron chi connectivity index (χ1n) is 9.06. The number of aliphatic imine (C=N–C) groups is 1. The molecule has 8 heteroatoms. The van der Waals surface area contributed by atoms with Crippen molar-refractivity contribution in [1.29, 1.82) is 0 Å². The number of benzene rings is 1. The van der Waals surface area contributed by atoms with Crippen LogP contribution in [0.1, 0.15) is 18.4 Å². The Balaban J connectivity index is 0.00000243. The minimum Gasteiger partial charge on any atom is -0.355 e. The van der Waals surface area contributed by atoms with Crippen molar-refractivity contribution in [1.82, 2.24) is 14.5 Å². The molecule has 0 amide bonds. The monoisotopic (exact) mass is 492 g/mol. The maximum absolute atomic E-state index is 11.8. The van der Waals surface area contributed by atoms with E-state index in [0.717, 1.165) is 38.3 Å². The average molecular weight is 492 g/mol. The fraction of sp³-hybridized carbons (Fsp3) is 0.611. The van der Waals surface area contributed by atoms with Crippen LogP contribution < -0.4 is 5.32 Å². The van der Waals surface area contributed by atoms with Crippen molar-refractivity contribution in [3.05, 3.63) is 35.9 Å². The average Bonchev–Trinajstić information content (AvgIpc) is 3.19. The largest absolute Gasteiger partial charge is 0.355 e. The molecule has 0 bridgehead atoms. The minimum absolute atomic E-state index is 0. The molecule has 1 unspecified atom stereocenters. The van der Waals surface area contributed by atoms with E-state index in [9.17, 15) is 8.42 Å². The summed E-state index contributed by atoms with van der Waals surface area (Å²) in [5.41, 5.74) is 1.39. The van der Waals surface area contributed by atoms with Crippen molar-refractivity contribution in [2.45, 2.75) is 19.3 Å². The zero-order valence-corrected chi connectivity index (χ0v) is 18.4. The lowest BCUT2D eigenvalue weighted by atomic mass is 9.99. The van der Waals surface area contributed by atoms with Crippen molar-refractivity contribution in [2.24, 2.45) is 10.9 Å². The Bertz CT molecular complexity index is 696. The summed E-state index contributed by atoms with van der Waals surface area (Å²) in [5, 5.41) is 3.33. The van der Waals surface area contributed by atoms with Crippen LogP contribution in [0.25, 0.3) is 0 Å². The van der Waals surface area contributed by atoms with Gasteiger partial charge in [0.05, 0.1) is 5.75 Å². The van der Waals surface area contributed by atoms with Gasteiger partial charge in [-0.05, 0) is 30.7 Å². The van der Waals surface area contributed by atoms with Gasteiger partial charge in [-0.15, -0.1) is 24.0 Å². The van der Waals surface area contributed by atoms with Gasteiger partial charge in [-0.1, -0.05) is 30.3 Å². The number of halogens is 1. The highest BCUT2D eigenvalue weighted by Gasteiger charge is 2.28. The first-order valence-corrected chi connectivity index (χ1v) is 10.7. The lowest BCUT2D eigenvalue weighted by Gasteiger charge is -2.23. The fourth-order valence-electron chi connectivity index (χ4n) is 3.71. The topological polar surface area (TPSA) is 65.0 Å². The van der Waals surface area contributed by atoms with Crippen LogP contribution in [-0.4, -0.2) is 69.1 Å². The molecule has 2 saturated heterocycles. The standard InChI is InChI=1S/C18H28N4O2S.HI/c1-19-18(20-9-12-22-10-5-13-25(22,23)24)21-11-8-17(15-21)14-16-6-3-2-4-7-16;/h2-4,6-7,17H,5,8-15H2,1H3,(H,19,20);1H. The van der Waals surface area contributed by atoms with Crippen LogP contribution in [0.15, 0.2) is 35.3 Å². The third kappa shape index (κ3) is 5.56. The molecular weight excluding hydrogens is 463 g/mol. The molecule has 1 aromatic rings. The Hall–Kier alpha value is -0.870. The Labute approximate surface area is 174 Å². The number of hydrogen-bond donors (Lipinski definition) is 1. The lowest BCUT2D eigenvalue weighted by molar-refractivity contribution is 0.429. The Morgan fingerprint density at radius 2 is 2.04 bits per heavy atom. The quantitative estimate of drug-likeness (QED) is 0.387. The van der Waals surface area contributed by atoms with Gasteiger partial charge in [0.2, 0.25) is 10.0 Å². The van der Waals surface area contributed by atoms with E-state index in [1.807, 2.05) is 0 Å². The molecule has 26 heavy (non-hydrogen) atoms. The molecule has 1 aromatic carbocycles. The summed E-state index contributed by atoms with van der Waals surface area (Å²) in [4.78, 5) is 6.66. The molecule has 2 aliphatic rings. The molecule has 0 aromatic heterocycles. The zero-order chi connectivity index (χ0) is 17.7. The maximum Gasteiger partial charge on any atom is 0.214 e. The van der Waals surface area contributed by atoms with Gasteiger partial charge in [0, 0.05) is 39.8 Å². The van der Waals surface area contributed by atoms with Crippen LogP contribution in [-0.2, 0) is 16.4 Å². The number of sulfonamides is 1. The molecule has 2 aliphatic heterocycles. The second-order valence-corrected chi connectivity index (χ2v) is 8.92. The van der Waals surface area contributed by atoms with Crippen molar-refractivity contribution in [3.8, 4) is 0 Å². The first kappa shape index (κ1) is 21.4. The Kier molecular flexibility index (Phi) is 8.15. The summed E-state index contributed by atoms with van der Waals surface area (Å²) in [6, 6.07) is 10.6. The van der Waals surface area contributed by atoms with E-state index in [1.54, 1.807) is 11.4 Å². The normalized spacial score (nSPS) is 23.0. The van der Waals surface area contributed by atoms with E-state index in [4.69, 9.17) is 0 Å². The van der Waals surface area contributed by atoms with Crippen molar-refractivity contribution in [3.63, 3.8) is 0 Å². The van der Waals surface area contributed by atoms with Gasteiger partial charge in [-0.25, -0.2) is 12.7 Å². The highest BCUT2D eigenvalue weighted by atomic mass is 127. The summed E-state index contributed by atoms with van der Waals surface area (Å²) in [7, 11) is -1.22.